The summed E-state index contributed by atoms with van der Waals surface area (Å²) in [5.41, 5.74) is 3.20. The Labute approximate surface area is 176 Å². The van der Waals surface area contributed by atoms with Gasteiger partial charge < -0.3 is 14.2 Å². The summed E-state index contributed by atoms with van der Waals surface area (Å²) in [6.07, 6.45) is 2.79. The van der Waals surface area contributed by atoms with Crippen molar-refractivity contribution in [2.24, 2.45) is 0 Å². The molecule has 1 aliphatic heterocycles. The number of nitrogens with one attached hydrogen (secondary N) is 2. The van der Waals surface area contributed by atoms with Crippen molar-refractivity contribution in [3.05, 3.63) is 12.7 Å². The smallest absolute Gasteiger partial charge is 0.192 e. The Bertz CT molecular complexity index is 499. The molecule has 3 atom stereocenters. The first-order valence-corrected chi connectivity index (χ1v) is 16.5. The Morgan fingerprint density at radius 1 is 1.04 bits per heavy atom. The van der Waals surface area contributed by atoms with Crippen molar-refractivity contribution in [3.63, 3.8) is 0 Å². The molecule has 0 aliphatic carbocycles. The third-order valence-corrected chi connectivity index (χ3v) is 15.7. The van der Waals surface area contributed by atoms with Crippen LogP contribution in [0.2, 0.25) is 36.3 Å². The predicted octanol–water partition coefficient (Wildman–Crippen LogP) is 4.84. The third kappa shape index (κ3) is 7.34. The molecular weight excluding hydrogens is 384 g/mol. The second-order valence-electron chi connectivity index (χ2n) is 11.2. The van der Waals surface area contributed by atoms with Crippen LogP contribution >= 0.6 is 0 Å². The minimum atomic E-state index is -1.88. The molecule has 1 fully saturated rings. The lowest BCUT2D eigenvalue weighted by Gasteiger charge is -2.45. The Kier molecular flexibility index (Phi) is 9.15. The Hall–Kier alpha value is -0.0262. The molecule has 1 saturated heterocycles. The van der Waals surface area contributed by atoms with Crippen LogP contribution in [0.25, 0.3) is 0 Å². The van der Waals surface area contributed by atoms with Gasteiger partial charge in [0, 0.05) is 19.2 Å². The van der Waals surface area contributed by atoms with E-state index in [-0.39, 0.29) is 22.2 Å². The first kappa shape index (κ1) is 26.0. The minimum absolute atomic E-state index is 0.111. The summed E-state index contributed by atoms with van der Waals surface area (Å²) in [5, 5.41) is 4.04. The molecule has 5 nitrogen and oxygen atoms in total. The van der Waals surface area contributed by atoms with Crippen LogP contribution in [0.5, 0.6) is 0 Å². The van der Waals surface area contributed by atoms with Gasteiger partial charge in [-0.15, -0.1) is 6.58 Å². The van der Waals surface area contributed by atoms with Gasteiger partial charge in [-0.25, -0.2) is 0 Å². The maximum Gasteiger partial charge on any atom is 0.192 e. The van der Waals surface area contributed by atoms with E-state index in [1.807, 2.05) is 0 Å². The van der Waals surface area contributed by atoms with Gasteiger partial charge in [0.1, 0.15) is 0 Å². The summed E-state index contributed by atoms with van der Waals surface area (Å²) < 4.78 is 13.3. The van der Waals surface area contributed by atoms with Gasteiger partial charge in [-0.3, -0.25) is 4.84 Å². The molecule has 0 aromatic carbocycles. The number of rotatable bonds is 9. The van der Waals surface area contributed by atoms with E-state index in [0.717, 1.165) is 19.6 Å². The normalized spacial score (nSPS) is 25.0. The van der Waals surface area contributed by atoms with E-state index in [1.54, 1.807) is 6.08 Å². The summed E-state index contributed by atoms with van der Waals surface area (Å²) in [6, 6.07) is 0.430. The van der Waals surface area contributed by atoms with Crippen molar-refractivity contribution in [3.8, 4) is 0 Å². The molecule has 0 unspecified atom stereocenters. The second kappa shape index (κ2) is 9.85. The summed E-state index contributed by atoms with van der Waals surface area (Å²) in [4.78, 5) is 5.55. The standard InChI is InChI=1S/C21H46N2O3Si2/c1-12-13-24-23-18-15-22-17(16-25-27(8,9)20(2,3)4)14-19(18)26-28(10,11)21(5,6)7/h12,17-19,22-23H,1,13-16H2,2-11H3/t17-,18-,19-/m0/s1. The molecule has 28 heavy (non-hydrogen) atoms. The molecule has 0 aromatic heterocycles. The quantitative estimate of drug-likeness (QED) is 0.237. The predicted molar refractivity (Wildman–Crippen MR) is 125 cm³/mol. The van der Waals surface area contributed by atoms with E-state index in [9.17, 15) is 0 Å². The van der Waals surface area contributed by atoms with Gasteiger partial charge in [-0.2, -0.15) is 5.48 Å². The number of piperidine rings is 1. The van der Waals surface area contributed by atoms with E-state index in [2.05, 4.69) is 85.1 Å². The van der Waals surface area contributed by atoms with E-state index in [4.69, 9.17) is 13.7 Å². The number of hydrogen-bond acceptors (Lipinski definition) is 5. The topological polar surface area (TPSA) is 51.8 Å². The maximum atomic E-state index is 6.80. The van der Waals surface area contributed by atoms with Crippen LogP contribution in [0.1, 0.15) is 48.0 Å². The van der Waals surface area contributed by atoms with Gasteiger partial charge in [-0.1, -0.05) is 47.6 Å². The van der Waals surface area contributed by atoms with E-state index < -0.39 is 16.6 Å². The van der Waals surface area contributed by atoms with Crippen molar-refractivity contribution < 1.29 is 13.7 Å². The van der Waals surface area contributed by atoms with Gasteiger partial charge in [-0.05, 0) is 42.7 Å². The zero-order chi connectivity index (χ0) is 21.8. The van der Waals surface area contributed by atoms with Crippen LogP contribution in [-0.2, 0) is 13.7 Å². The zero-order valence-electron chi connectivity index (χ0n) is 20.1. The van der Waals surface area contributed by atoms with Crippen LogP contribution in [-0.4, -0.2) is 54.6 Å². The molecule has 0 aromatic rings. The molecule has 0 bridgehead atoms. The molecular formula is C21H46N2O3Si2. The van der Waals surface area contributed by atoms with E-state index in [1.165, 1.54) is 0 Å². The molecule has 7 heteroatoms. The lowest BCUT2D eigenvalue weighted by atomic mass is 9.99. The lowest BCUT2D eigenvalue weighted by molar-refractivity contribution is -0.0253. The molecule has 0 radical (unpaired) electrons. The largest absolute Gasteiger partial charge is 0.415 e. The third-order valence-electron chi connectivity index (χ3n) is 6.73. The fraction of sp³-hybridized carbons (Fsp3) is 0.905. The number of hydrogen-bond donors (Lipinski definition) is 2. The maximum absolute atomic E-state index is 6.80. The van der Waals surface area contributed by atoms with Crippen LogP contribution in [0.15, 0.2) is 12.7 Å². The molecule has 1 rings (SSSR count). The molecule has 1 heterocycles. The average molecular weight is 431 g/mol. The first-order chi connectivity index (χ1) is 12.6. The fourth-order valence-corrected chi connectivity index (χ4v) is 5.04. The highest BCUT2D eigenvalue weighted by Gasteiger charge is 2.43. The van der Waals surface area contributed by atoms with Crippen LogP contribution < -0.4 is 10.8 Å². The summed E-state index contributed by atoms with van der Waals surface area (Å²) in [5.74, 6) is 0. The SMILES string of the molecule is C=CCON[C@H]1CN[C@H](CO[Si](C)(C)C(C)(C)C)C[C@@H]1O[Si](C)(C)C(C)(C)C. The first-order valence-electron chi connectivity index (χ1n) is 10.6. The molecule has 0 amide bonds. The summed E-state index contributed by atoms with van der Waals surface area (Å²) >= 11 is 0. The van der Waals surface area contributed by atoms with E-state index in [0.29, 0.717) is 12.6 Å². The Morgan fingerprint density at radius 3 is 2.11 bits per heavy atom. The van der Waals surface area contributed by atoms with Gasteiger partial charge in [0.15, 0.2) is 16.6 Å². The van der Waals surface area contributed by atoms with Crippen molar-refractivity contribution in [1.29, 1.82) is 0 Å². The Morgan fingerprint density at radius 2 is 1.61 bits per heavy atom. The van der Waals surface area contributed by atoms with Gasteiger partial charge >= 0.3 is 0 Å². The van der Waals surface area contributed by atoms with Gasteiger partial charge in [0.05, 0.1) is 18.8 Å². The second-order valence-corrected chi connectivity index (χ2v) is 20.7. The van der Waals surface area contributed by atoms with Crippen LogP contribution in [0.3, 0.4) is 0 Å². The van der Waals surface area contributed by atoms with Crippen LogP contribution in [0.4, 0.5) is 0 Å². The fourth-order valence-electron chi connectivity index (χ4n) is 2.62. The minimum Gasteiger partial charge on any atom is -0.415 e. The lowest BCUT2D eigenvalue weighted by Crippen LogP contribution is -2.61. The number of hydroxylamine groups is 1. The highest BCUT2D eigenvalue weighted by molar-refractivity contribution is 6.74. The highest BCUT2D eigenvalue weighted by atomic mass is 28.4. The summed E-state index contributed by atoms with van der Waals surface area (Å²) in [7, 11) is -3.63. The highest BCUT2D eigenvalue weighted by Crippen LogP contribution is 2.39. The molecule has 0 saturated carbocycles. The Balaban J connectivity index is 2.81. The summed E-state index contributed by atoms with van der Waals surface area (Å²) in [6.45, 7) is 28.7. The monoisotopic (exact) mass is 430 g/mol. The zero-order valence-corrected chi connectivity index (χ0v) is 22.1. The molecule has 2 N–H and O–H groups in total. The van der Waals surface area contributed by atoms with Crippen LogP contribution in [0, 0.1) is 0 Å². The van der Waals surface area contributed by atoms with Gasteiger partial charge in [0.2, 0.25) is 0 Å². The van der Waals surface area contributed by atoms with Crippen molar-refractivity contribution in [2.45, 2.75) is 102 Å². The van der Waals surface area contributed by atoms with Crippen molar-refractivity contribution in [1.82, 2.24) is 10.8 Å². The van der Waals surface area contributed by atoms with Crippen molar-refractivity contribution in [2.75, 3.05) is 19.8 Å². The molecule has 166 valence electrons. The van der Waals surface area contributed by atoms with Gasteiger partial charge in [0.25, 0.3) is 0 Å². The molecule has 1 aliphatic rings. The van der Waals surface area contributed by atoms with E-state index >= 15 is 0 Å². The van der Waals surface area contributed by atoms with Crippen molar-refractivity contribution >= 4 is 16.6 Å². The molecule has 0 spiro atoms. The average Bonchev–Trinajstić information content (AvgIpc) is 2.52.